The van der Waals surface area contributed by atoms with E-state index in [1.54, 1.807) is 6.20 Å². The van der Waals surface area contributed by atoms with Crippen LogP contribution < -0.4 is 5.32 Å². The molecular weight excluding hydrogens is 412 g/mol. The Hall–Kier alpha value is -3.09. The first kappa shape index (κ1) is 21.7. The SMILES string of the molecule is O=C(c1ccc(C[C@@H]2CC[C@H]([C@H](O)c3ccccc3)N2)cc1)N(Cc1cccnn1)C1CC1. The van der Waals surface area contributed by atoms with Crippen molar-refractivity contribution in [3.05, 3.63) is 95.3 Å². The maximum absolute atomic E-state index is 13.2. The molecule has 1 saturated heterocycles. The number of rotatable bonds is 8. The lowest BCUT2D eigenvalue weighted by molar-refractivity contribution is 0.0727. The number of amides is 1. The fourth-order valence-corrected chi connectivity index (χ4v) is 4.72. The molecule has 3 atom stereocenters. The van der Waals surface area contributed by atoms with Crippen LogP contribution in [0.2, 0.25) is 0 Å². The maximum atomic E-state index is 13.2. The summed E-state index contributed by atoms with van der Waals surface area (Å²) in [6.45, 7) is 0.496. The van der Waals surface area contributed by atoms with Crippen LogP contribution in [-0.4, -0.2) is 44.2 Å². The third-order valence-corrected chi connectivity index (χ3v) is 6.69. The molecule has 2 fully saturated rings. The van der Waals surface area contributed by atoms with Gasteiger partial charge in [0, 0.05) is 29.9 Å². The molecule has 33 heavy (non-hydrogen) atoms. The van der Waals surface area contributed by atoms with Gasteiger partial charge in [0.05, 0.1) is 18.3 Å². The van der Waals surface area contributed by atoms with Crippen LogP contribution in [0, 0.1) is 0 Å². The van der Waals surface area contributed by atoms with Crippen LogP contribution in [0.25, 0.3) is 0 Å². The Morgan fingerprint density at radius 2 is 1.79 bits per heavy atom. The van der Waals surface area contributed by atoms with Crippen molar-refractivity contribution in [2.75, 3.05) is 0 Å². The highest BCUT2D eigenvalue weighted by molar-refractivity contribution is 5.94. The molecule has 1 amide bonds. The summed E-state index contributed by atoms with van der Waals surface area (Å²) in [7, 11) is 0. The molecule has 6 heteroatoms. The second kappa shape index (κ2) is 9.81. The van der Waals surface area contributed by atoms with Gasteiger partial charge in [0.1, 0.15) is 0 Å². The first-order valence-electron chi connectivity index (χ1n) is 11.8. The fourth-order valence-electron chi connectivity index (χ4n) is 4.72. The Bertz CT molecular complexity index is 1050. The average Bonchev–Trinajstić information content (AvgIpc) is 3.61. The third kappa shape index (κ3) is 5.29. The zero-order valence-electron chi connectivity index (χ0n) is 18.7. The number of aromatic nitrogens is 2. The molecule has 2 N–H and O–H groups in total. The van der Waals surface area contributed by atoms with Gasteiger partial charge in [-0.25, -0.2) is 0 Å². The Morgan fingerprint density at radius 1 is 1.00 bits per heavy atom. The minimum absolute atomic E-state index is 0.0553. The smallest absolute Gasteiger partial charge is 0.254 e. The lowest BCUT2D eigenvalue weighted by Crippen LogP contribution is -2.35. The molecule has 2 aliphatic rings. The van der Waals surface area contributed by atoms with Gasteiger partial charge in [0.25, 0.3) is 5.91 Å². The van der Waals surface area contributed by atoms with Crippen molar-refractivity contribution < 1.29 is 9.90 Å². The van der Waals surface area contributed by atoms with Crippen molar-refractivity contribution in [1.29, 1.82) is 0 Å². The van der Waals surface area contributed by atoms with Gasteiger partial charge in [-0.15, -0.1) is 0 Å². The van der Waals surface area contributed by atoms with Crippen molar-refractivity contribution in [1.82, 2.24) is 20.4 Å². The summed E-state index contributed by atoms with van der Waals surface area (Å²) in [5, 5.41) is 22.4. The van der Waals surface area contributed by atoms with Crippen LogP contribution in [-0.2, 0) is 13.0 Å². The lowest BCUT2D eigenvalue weighted by Gasteiger charge is -2.22. The summed E-state index contributed by atoms with van der Waals surface area (Å²) in [6, 6.07) is 22.3. The molecule has 0 spiro atoms. The third-order valence-electron chi connectivity index (χ3n) is 6.69. The second-order valence-electron chi connectivity index (χ2n) is 9.18. The van der Waals surface area contributed by atoms with Gasteiger partial charge in [0.15, 0.2) is 0 Å². The van der Waals surface area contributed by atoms with Crippen LogP contribution in [0.4, 0.5) is 0 Å². The predicted octanol–water partition coefficient (Wildman–Crippen LogP) is 3.68. The van der Waals surface area contributed by atoms with Gasteiger partial charge in [-0.3, -0.25) is 4.79 Å². The van der Waals surface area contributed by atoms with Gasteiger partial charge in [-0.2, -0.15) is 10.2 Å². The van der Waals surface area contributed by atoms with Crippen LogP contribution >= 0.6 is 0 Å². The Labute approximate surface area is 194 Å². The van der Waals surface area contributed by atoms with E-state index in [1.807, 2.05) is 59.5 Å². The van der Waals surface area contributed by atoms with Gasteiger partial charge < -0.3 is 15.3 Å². The fraction of sp³-hybridized carbons (Fsp3) is 0.370. The highest BCUT2D eigenvalue weighted by Gasteiger charge is 2.33. The Morgan fingerprint density at radius 3 is 2.48 bits per heavy atom. The van der Waals surface area contributed by atoms with E-state index >= 15 is 0 Å². The molecule has 2 heterocycles. The summed E-state index contributed by atoms with van der Waals surface area (Å²) in [4.78, 5) is 15.1. The zero-order chi connectivity index (χ0) is 22.6. The van der Waals surface area contributed by atoms with E-state index in [-0.39, 0.29) is 11.9 Å². The number of benzene rings is 2. The number of carbonyl (C=O) groups is 1. The Kier molecular flexibility index (Phi) is 6.46. The molecule has 5 rings (SSSR count). The van der Waals surface area contributed by atoms with E-state index in [1.165, 1.54) is 5.56 Å². The second-order valence-corrected chi connectivity index (χ2v) is 9.18. The number of aliphatic hydroxyl groups is 1. The molecule has 1 aromatic heterocycles. The minimum atomic E-state index is -0.487. The summed E-state index contributed by atoms with van der Waals surface area (Å²) < 4.78 is 0. The number of nitrogens with one attached hydrogen (secondary N) is 1. The molecule has 2 aromatic carbocycles. The summed E-state index contributed by atoms with van der Waals surface area (Å²) in [6.07, 6.45) is 6.13. The molecule has 0 unspecified atom stereocenters. The van der Waals surface area contributed by atoms with Crippen molar-refractivity contribution in [2.45, 2.75) is 62.9 Å². The molecule has 0 bridgehead atoms. The average molecular weight is 443 g/mol. The molecule has 170 valence electrons. The quantitative estimate of drug-likeness (QED) is 0.556. The highest BCUT2D eigenvalue weighted by Crippen LogP contribution is 2.30. The lowest BCUT2D eigenvalue weighted by atomic mass is 10.0. The highest BCUT2D eigenvalue weighted by atomic mass is 16.3. The minimum Gasteiger partial charge on any atom is -0.387 e. The van der Waals surface area contributed by atoms with Crippen molar-refractivity contribution in [3.63, 3.8) is 0 Å². The number of carbonyl (C=O) groups excluding carboxylic acids is 1. The van der Waals surface area contributed by atoms with Crippen LogP contribution in [0.5, 0.6) is 0 Å². The topological polar surface area (TPSA) is 78.4 Å². The molecule has 1 saturated carbocycles. The van der Waals surface area contributed by atoms with Crippen LogP contribution in [0.3, 0.4) is 0 Å². The van der Waals surface area contributed by atoms with Crippen molar-refractivity contribution in [2.24, 2.45) is 0 Å². The summed E-state index contributed by atoms with van der Waals surface area (Å²) in [5.41, 5.74) is 3.69. The molecule has 3 aromatic rings. The van der Waals surface area contributed by atoms with E-state index in [2.05, 4.69) is 27.6 Å². The number of hydrogen-bond donors (Lipinski definition) is 2. The normalized spacial score (nSPS) is 21.0. The van der Waals surface area contributed by atoms with Crippen LogP contribution in [0.15, 0.2) is 72.9 Å². The van der Waals surface area contributed by atoms with E-state index < -0.39 is 6.10 Å². The maximum Gasteiger partial charge on any atom is 0.254 e. The van der Waals surface area contributed by atoms with E-state index in [4.69, 9.17) is 0 Å². The molecule has 1 aliphatic heterocycles. The number of aliphatic hydroxyl groups excluding tert-OH is 1. The van der Waals surface area contributed by atoms with Gasteiger partial charge >= 0.3 is 0 Å². The van der Waals surface area contributed by atoms with Crippen LogP contribution in [0.1, 0.15) is 59.0 Å². The first-order valence-corrected chi connectivity index (χ1v) is 11.8. The van der Waals surface area contributed by atoms with Gasteiger partial charge in [-0.05, 0) is 67.5 Å². The first-order chi connectivity index (χ1) is 16.2. The largest absolute Gasteiger partial charge is 0.387 e. The molecule has 1 aliphatic carbocycles. The van der Waals surface area contributed by atoms with Crippen molar-refractivity contribution in [3.8, 4) is 0 Å². The summed E-state index contributed by atoms with van der Waals surface area (Å²) in [5.74, 6) is 0.0553. The van der Waals surface area contributed by atoms with E-state index in [0.29, 0.717) is 24.2 Å². The zero-order valence-corrected chi connectivity index (χ0v) is 18.7. The van der Waals surface area contributed by atoms with Crippen molar-refractivity contribution >= 4 is 5.91 Å². The van der Waals surface area contributed by atoms with E-state index in [9.17, 15) is 9.90 Å². The summed E-state index contributed by atoms with van der Waals surface area (Å²) >= 11 is 0. The molecule has 0 radical (unpaired) electrons. The number of hydrogen-bond acceptors (Lipinski definition) is 5. The van der Waals surface area contributed by atoms with Gasteiger partial charge in [-0.1, -0.05) is 42.5 Å². The van der Waals surface area contributed by atoms with Gasteiger partial charge in [0.2, 0.25) is 0 Å². The standard InChI is InChI=1S/C27H30N4O2/c32-26(20-5-2-1-3-6-20)25-15-12-22(29-25)17-19-8-10-21(11-9-19)27(33)31(24-13-14-24)18-23-7-4-16-28-30-23/h1-11,16,22,24-26,29,32H,12-15,17-18H2/t22-,25+,26+/m0/s1. The Balaban J connectivity index is 1.19. The predicted molar refractivity (Wildman–Crippen MR) is 126 cm³/mol. The molecular formula is C27H30N4O2. The number of nitrogens with zero attached hydrogens (tertiary/aromatic N) is 3. The monoisotopic (exact) mass is 442 g/mol. The van der Waals surface area contributed by atoms with E-state index in [0.717, 1.165) is 43.4 Å². The molecule has 6 nitrogen and oxygen atoms in total.